The fourth-order valence-corrected chi connectivity index (χ4v) is 4.59. The minimum absolute atomic E-state index is 0.0288. The van der Waals surface area contributed by atoms with Gasteiger partial charge in [0.15, 0.2) is 0 Å². The van der Waals surface area contributed by atoms with Crippen molar-refractivity contribution in [2.45, 2.75) is 70.8 Å². The summed E-state index contributed by atoms with van der Waals surface area (Å²) in [6, 6.07) is 0. The number of aromatic nitrogens is 1. The van der Waals surface area contributed by atoms with E-state index in [0.29, 0.717) is 19.3 Å². The molecular formula is C19H32N2O3S. The van der Waals surface area contributed by atoms with Crippen molar-refractivity contribution in [2.24, 2.45) is 0 Å². The smallest absolute Gasteiger partial charge is 0.0798 e. The van der Waals surface area contributed by atoms with Crippen molar-refractivity contribution in [3.05, 3.63) is 16.1 Å². The minimum atomic E-state index is 0.0288. The first-order valence-corrected chi connectivity index (χ1v) is 10.4. The van der Waals surface area contributed by atoms with Gasteiger partial charge >= 0.3 is 0 Å². The van der Waals surface area contributed by atoms with Gasteiger partial charge in [0.1, 0.15) is 0 Å². The van der Waals surface area contributed by atoms with Crippen molar-refractivity contribution in [2.75, 3.05) is 32.9 Å². The highest BCUT2D eigenvalue weighted by Gasteiger charge is 2.40. The lowest BCUT2D eigenvalue weighted by Crippen LogP contribution is -2.50. The summed E-state index contributed by atoms with van der Waals surface area (Å²) in [5, 5.41) is 0. The topological polar surface area (TPSA) is 43.8 Å². The molecule has 2 fully saturated rings. The normalized spacial score (nSPS) is 24.2. The van der Waals surface area contributed by atoms with Crippen molar-refractivity contribution >= 4 is 11.3 Å². The molecule has 1 atom stereocenters. The number of hydrogen-bond acceptors (Lipinski definition) is 6. The fraction of sp³-hybridized carbons (Fsp3) is 0.842. The van der Waals surface area contributed by atoms with Gasteiger partial charge in [-0.05, 0) is 40.0 Å². The van der Waals surface area contributed by atoms with Crippen molar-refractivity contribution < 1.29 is 14.2 Å². The standard InChI is InChI=1S/C19H32N2O3S/c1-15(2)22-10-11-23-17-4-9-24-19(12-17)5-7-21(8-6-19)13-18-16(3)20-14-25-18/h14-15,17H,4-13H2,1-3H3. The lowest BCUT2D eigenvalue weighted by atomic mass is 9.83. The zero-order valence-electron chi connectivity index (χ0n) is 15.8. The molecule has 0 saturated carbocycles. The highest BCUT2D eigenvalue weighted by Crippen LogP contribution is 2.36. The molecule has 1 aromatic rings. The largest absolute Gasteiger partial charge is 0.376 e. The third-order valence-corrected chi connectivity index (χ3v) is 6.24. The van der Waals surface area contributed by atoms with Crippen LogP contribution < -0.4 is 0 Å². The van der Waals surface area contributed by atoms with Gasteiger partial charge in [-0.15, -0.1) is 11.3 Å². The van der Waals surface area contributed by atoms with E-state index in [4.69, 9.17) is 14.2 Å². The quantitative estimate of drug-likeness (QED) is 0.690. The molecule has 0 radical (unpaired) electrons. The zero-order chi connectivity index (χ0) is 17.7. The Morgan fingerprint density at radius 1 is 1.36 bits per heavy atom. The van der Waals surface area contributed by atoms with Crippen LogP contribution in [-0.4, -0.2) is 60.6 Å². The second-order valence-electron chi connectivity index (χ2n) is 7.57. The first kappa shape index (κ1) is 19.2. The van der Waals surface area contributed by atoms with E-state index in [9.17, 15) is 0 Å². The number of rotatable bonds is 7. The van der Waals surface area contributed by atoms with Crippen LogP contribution in [0.2, 0.25) is 0 Å². The Labute approximate surface area is 155 Å². The Balaban J connectivity index is 1.43. The molecule has 0 N–H and O–H groups in total. The minimum Gasteiger partial charge on any atom is -0.376 e. The maximum Gasteiger partial charge on any atom is 0.0798 e. The monoisotopic (exact) mass is 368 g/mol. The molecule has 1 aromatic heterocycles. The molecule has 2 aliphatic heterocycles. The van der Waals surface area contributed by atoms with Crippen LogP contribution in [0.4, 0.5) is 0 Å². The average Bonchev–Trinajstić information content (AvgIpc) is 2.99. The number of aryl methyl sites for hydroxylation is 1. The maximum absolute atomic E-state index is 6.24. The molecule has 0 aliphatic carbocycles. The van der Waals surface area contributed by atoms with Gasteiger partial charge in [0.25, 0.3) is 0 Å². The molecule has 1 spiro atoms. The first-order valence-electron chi connectivity index (χ1n) is 9.55. The van der Waals surface area contributed by atoms with E-state index in [2.05, 4.69) is 30.7 Å². The van der Waals surface area contributed by atoms with Crippen LogP contribution in [0, 0.1) is 6.92 Å². The molecule has 0 amide bonds. The van der Waals surface area contributed by atoms with E-state index >= 15 is 0 Å². The molecule has 6 heteroatoms. The zero-order valence-corrected chi connectivity index (χ0v) is 16.6. The molecule has 5 nitrogen and oxygen atoms in total. The molecule has 142 valence electrons. The third kappa shape index (κ3) is 5.47. The third-order valence-electron chi connectivity index (χ3n) is 5.32. The van der Waals surface area contributed by atoms with Crippen molar-refractivity contribution in [3.8, 4) is 0 Å². The SMILES string of the molecule is Cc1ncsc1CN1CCC2(CC1)CC(OCCOC(C)C)CCO2. The molecular weight excluding hydrogens is 336 g/mol. The van der Waals surface area contributed by atoms with Crippen molar-refractivity contribution in [3.63, 3.8) is 0 Å². The summed E-state index contributed by atoms with van der Waals surface area (Å²) in [6.07, 6.45) is 4.84. The number of nitrogens with zero attached hydrogens (tertiary/aromatic N) is 2. The van der Waals surface area contributed by atoms with Crippen molar-refractivity contribution in [1.82, 2.24) is 9.88 Å². The van der Waals surface area contributed by atoms with E-state index in [-0.39, 0.29) is 11.7 Å². The summed E-state index contributed by atoms with van der Waals surface area (Å²) in [4.78, 5) is 8.30. The fourth-order valence-electron chi connectivity index (χ4n) is 3.77. The van der Waals surface area contributed by atoms with Crippen LogP contribution in [0.25, 0.3) is 0 Å². The predicted molar refractivity (Wildman–Crippen MR) is 100 cm³/mol. The van der Waals surface area contributed by atoms with E-state index < -0.39 is 0 Å². The van der Waals surface area contributed by atoms with Gasteiger partial charge in [-0.1, -0.05) is 0 Å². The van der Waals surface area contributed by atoms with Crippen LogP contribution in [0.3, 0.4) is 0 Å². The summed E-state index contributed by atoms with van der Waals surface area (Å²) in [5.41, 5.74) is 3.16. The van der Waals surface area contributed by atoms with Gasteiger partial charge in [0.2, 0.25) is 0 Å². The highest BCUT2D eigenvalue weighted by atomic mass is 32.1. The van der Waals surface area contributed by atoms with E-state index in [0.717, 1.165) is 51.9 Å². The number of hydrogen-bond donors (Lipinski definition) is 0. The number of ether oxygens (including phenoxy) is 3. The summed E-state index contributed by atoms with van der Waals surface area (Å²) in [6.45, 7) is 11.6. The number of piperidine rings is 1. The molecule has 2 saturated heterocycles. The van der Waals surface area contributed by atoms with Gasteiger partial charge in [-0.3, -0.25) is 4.90 Å². The van der Waals surface area contributed by atoms with Crippen LogP contribution in [0.5, 0.6) is 0 Å². The van der Waals surface area contributed by atoms with Gasteiger partial charge < -0.3 is 14.2 Å². The molecule has 3 rings (SSSR count). The second-order valence-corrected chi connectivity index (χ2v) is 8.51. The van der Waals surface area contributed by atoms with Crippen LogP contribution in [0.1, 0.15) is 50.1 Å². The van der Waals surface area contributed by atoms with Gasteiger partial charge in [-0.25, -0.2) is 4.98 Å². The lowest BCUT2D eigenvalue weighted by Gasteiger charge is -2.46. The molecule has 1 unspecified atom stereocenters. The Bertz CT molecular complexity index is 526. The Kier molecular flexibility index (Phi) is 6.86. The van der Waals surface area contributed by atoms with Crippen LogP contribution in [0.15, 0.2) is 5.51 Å². The Hall–Kier alpha value is -0.530. The second kappa shape index (κ2) is 8.91. The molecule has 3 heterocycles. The molecule has 0 bridgehead atoms. The summed E-state index contributed by atoms with van der Waals surface area (Å²) < 4.78 is 17.9. The maximum atomic E-state index is 6.24. The summed E-state index contributed by atoms with van der Waals surface area (Å²) in [5.74, 6) is 0. The van der Waals surface area contributed by atoms with Crippen LogP contribution >= 0.6 is 11.3 Å². The molecule has 25 heavy (non-hydrogen) atoms. The van der Waals surface area contributed by atoms with E-state index in [1.54, 1.807) is 11.3 Å². The summed E-state index contributed by atoms with van der Waals surface area (Å²) >= 11 is 1.77. The van der Waals surface area contributed by atoms with E-state index in [1.165, 1.54) is 10.6 Å². The lowest BCUT2D eigenvalue weighted by molar-refractivity contribution is -0.159. The van der Waals surface area contributed by atoms with Gasteiger partial charge in [-0.2, -0.15) is 0 Å². The Morgan fingerprint density at radius 2 is 2.16 bits per heavy atom. The average molecular weight is 369 g/mol. The van der Waals surface area contributed by atoms with Gasteiger partial charge in [0, 0.05) is 37.5 Å². The predicted octanol–water partition coefficient (Wildman–Crippen LogP) is 3.41. The molecule has 0 aromatic carbocycles. The van der Waals surface area contributed by atoms with Crippen molar-refractivity contribution in [1.29, 1.82) is 0 Å². The molecule has 2 aliphatic rings. The number of likely N-dealkylation sites (tertiary alicyclic amines) is 1. The van der Waals surface area contributed by atoms with Crippen LogP contribution in [-0.2, 0) is 20.8 Å². The highest BCUT2D eigenvalue weighted by molar-refractivity contribution is 7.09. The first-order chi connectivity index (χ1) is 12.1. The van der Waals surface area contributed by atoms with E-state index in [1.807, 2.05) is 5.51 Å². The van der Waals surface area contributed by atoms with Gasteiger partial charge in [0.05, 0.1) is 42.2 Å². The number of thiazole rings is 1. The summed E-state index contributed by atoms with van der Waals surface area (Å²) in [7, 11) is 0. The Morgan fingerprint density at radius 3 is 2.84 bits per heavy atom.